The SMILES string of the molecule is C[C@]12CC[C@@H](O)C[C@H]1CC[C@@H]1[C@@H]2C(=O)C[C@@]2(C)[C@H]1CC[C@]2(O)C(=O)CO.O=C(c1ncc[nH]1)c1ncc[nH]1. The van der Waals surface area contributed by atoms with Crippen LogP contribution in [0.5, 0.6) is 0 Å². The van der Waals surface area contributed by atoms with Crippen LogP contribution in [0, 0.1) is 34.5 Å². The van der Waals surface area contributed by atoms with Gasteiger partial charge in [0.05, 0.1) is 6.10 Å². The second-order valence-electron chi connectivity index (χ2n) is 12.2. The third-order valence-electron chi connectivity index (χ3n) is 10.5. The summed E-state index contributed by atoms with van der Waals surface area (Å²) in [6.07, 6.45) is 11.7. The zero-order valence-corrected chi connectivity index (χ0v) is 22.0. The first-order chi connectivity index (χ1) is 18.0. The van der Waals surface area contributed by atoms with E-state index in [1.54, 1.807) is 12.4 Å². The number of nitrogens with zero attached hydrogens (tertiary/aromatic N) is 2. The lowest BCUT2D eigenvalue weighted by Crippen LogP contribution is -2.62. The fourth-order valence-corrected chi connectivity index (χ4v) is 8.53. The summed E-state index contributed by atoms with van der Waals surface area (Å²) >= 11 is 0. The second kappa shape index (κ2) is 9.81. The molecule has 4 fully saturated rings. The van der Waals surface area contributed by atoms with Gasteiger partial charge in [-0.1, -0.05) is 13.8 Å². The van der Waals surface area contributed by atoms with E-state index >= 15 is 0 Å². The Morgan fingerprint density at radius 2 is 1.68 bits per heavy atom. The molecule has 0 unspecified atom stereocenters. The van der Waals surface area contributed by atoms with Gasteiger partial charge in [0.1, 0.15) is 18.0 Å². The number of carbonyl (C=O) groups excluding carboxylic acids is 3. The fourth-order valence-electron chi connectivity index (χ4n) is 8.53. The largest absolute Gasteiger partial charge is 0.393 e. The summed E-state index contributed by atoms with van der Waals surface area (Å²) in [5.74, 6) is 0.741. The number of aromatic amines is 2. The van der Waals surface area contributed by atoms with Crippen LogP contribution in [0.4, 0.5) is 0 Å². The Balaban J connectivity index is 0.000000204. The molecule has 4 aliphatic carbocycles. The molecule has 38 heavy (non-hydrogen) atoms. The molecule has 5 N–H and O–H groups in total. The maximum Gasteiger partial charge on any atom is 0.263 e. The van der Waals surface area contributed by atoms with Crippen molar-refractivity contribution < 1.29 is 29.7 Å². The van der Waals surface area contributed by atoms with Crippen molar-refractivity contribution in [1.82, 2.24) is 19.9 Å². The first-order valence-electron chi connectivity index (χ1n) is 13.7. The third-order valence-corrected chi connectivity index (χ3v) is 10.5. The third kappa shape index (κ3) is 4.08. The van der Waals surface area contributed by atoms with E-state index in [-0.39, 0.29) is 47.3 Å². The average molecular weight is 527 g/mol. The van der Waals surface area contributed by atoms with Gasteiger partial charge in [0.25, 0.3) is 5.78 Å². The van der Waals surface area contributed by atoms with E-state index in [2.05, 4.69) is 26.9 Å². The lowest BCUT2D eigenvalue weighted by Gasteiger charge is -2.60. The van der Waals surface area contributed by atoms with Gasteiger partial charge in [0.15, 0.2) is 17.4 Å². The minimum atomic E-state index is -1.58. The monoisotopic (exact) mass is 526 g/mol. The molecule has 2 heterocycles. The topological polar surface area (TPSA) is 169 Å². The van der Waals surface area contributed by atoms with Crippen molar-refractivity contribution in [1.29, 1.82) is 0 Å². The van der Waals surface area contributed by atoms with Crippen molar-refractivity contribution in [2.75, 3.05) is 6.61 Å². The molecule has 0 amide bonds. The molecule has 206 valence electrons. The first-order valence-corrected chi connectivity index (χ1v) is 13.7. The molecule has 2 aromatic heterocycles. The first kappa shape index (κ1) is 26.9. The molecule has 0 radical (unpaired) electrons. The highest BCUT2D eigenvalue weighted by atomic mass is 16.3. The Hall–Kier alpha value is -2.69. The van der Waals surface area contributed by atoms with Gasteiger partial charge in [0, 0.05) is 42.5 Å². The predicted molar refractivity (Wildman–Crippen MR) is 136 cm³/mol. The van der Waals surface area contributed by atoms with E-state index < -0.39 is 23.4 Å². The summed E-state index contributed by atoms with van der Waals surface area (Å²) in [4.78, 5) is 50.1. The number of H-pyrrole nitrogens is 2. The highest BCUT2D eigenvalue weighted by molar-refractivity contribution is 6.03. The van der Waals surface area contributed by atoms with Gasteiger partial charge in [-0.15, -0.1) is 0 Å². The van der Waals surface area contributed by atoms with Crippen LogP contribution in [0.3, 0.4) is 0 Å². The molecule has 6 rings (SSSR count). The zero-order chi connectivity index (χ0) is 27.3. The Bertz CT molecular complexity index is 1150. The lowest BCUT2D eigenvalue weighted by molar-refractivity contribution is -0.180. The molecule has 0 saturated heterocycles. The van der Waals surface area contributed by atoms with Gasteiger partial charge in [-0.25, -0.2) is 9.97 Å². The molecular formula is C28H38N4O6. The minimum Gasteiger partial charge on any atom is -0.393 e. The maximum absolute atomic E-state index is 13.4. The van der Waals surface area contributed by atoms with Crippen LogP contribution in [0.1, 0.15) is 81.7 Å². The number of fused-ring (bicyclic) bond motifs is 5. The number of aromatic nitrogens is 4. The van der Waals surface area contributed by atoms with Crippen molar-refractivity contribution >= 4 is 17.3 Å². The Kier molecular flexibility index (Phi) is 6.94. The number of carbonyl (C=O) groups is 3. The van der Waals surface area contributed by atoms with E-state index in [0.717, 1.165) is 38.5 Å². The summed E-state index contributed by atoms with van der Waals surface area (Å²) in [6.45, 7) is 3.46. The smallest absolute Gasteiger partial charge is 0.263 e. The van der Waals surface area contributed by atoms with Crippen LogP contribution >= 0.6 is 0 Å². The molecular weight excluding hydrogens is 488 g/mol. The van der Waals surface area contributed by atoms with E-state index in [1.807, 2.05) is 6.92 Å². The van der Waals surface area contributed by atoms with Crippen LogP contribution in [-0.4, -0.2) is 70.9 Å². The molecule has 10 nitrogen and oxygen atoms in total. The summed E-state index contributed by atoms with van der Waals surface area (Å²) in [5.41, 5.74) is -2.40. The molecule has 4 saturated carbocycles. The maximum atomic E-state index is 13.4. The normalized spacial score (nSPS) is 39.8. The molecule has 10 heteroatoms. The number of aliphatic hydroxyl groups excluding tert-OH is 2. The van der Waals surface area contributed by atoms with Gasteiger partial charge in [-0.05, 0) is 68.1 Å². The Morgan fingerprint density at radius 3 is 2.26 bits per heavy atom. The summed E-state index contributed by atoms with van der Waals surface area (Å²) in [7, 11) is 0. The number of rotatable bonds is 4. The number of nitrogens with one attached hydrogen (secondary N) is 2. The molecule has 0 spiro atoms. The van der Waals surface area contributed by atoms with Crippen molar-refractivity contribution in [3.05, 3.63) is 36.4 Å². The lowest BCUT2D eigenvalue weighted by atomic mass is 9.44. The number of hydrogen-bond acceptors (Lipinski definition) is 8. The van der Waals surface area contributed by atoms with Crippen molar-refractivity contribution in [3.8, 4) is 0 Å². The van der Waals surface area contributed by atoms with Gasteiger partial charge < -0.3 is 25.3 Å². The van der Waals surface area contributed by atoms with Crippen LogP contribution in [0.25, 0.3) is 0 Å². The molecule has 0 aliphatic heterocycles. The quantitative estimate of drug-likeness (QED) is 0.378. The minimum absolute atomic E-state index is 0.0154. The zero-order valence-electron chi connectivity index (χ0n) is 22.0. The number of hydrogen-bond donors (Lipinski definition) is 5. The molecule has 0 bridgehead atoms. The second-order valence-corrected chi connectivity index (χ2v) is 12.2. The van der Waals surface area contributed by atoms with Crippen molar-refractivity contribution in [2.24, 2.45) is 34.5 Å². The number of aliphatic hydroxyl groups is 3. The van der Waals surface area contributed by atoms with Crippen LogP contribution in [0.15, 0.2) is 24.8 Å². The summed E-state index contributed by atoms with van der Waals surface area (Å²) < 4.78 is 0. The van der Waals surface area contributed by atoms with Crippen LogP contribution < -0.4 is 0 Å². The number of Topliss-reactive ketones (excluding diaryl/α,β-unsaturated/α-hetero) is 2. The Labute approximate surface area is 221 Å². The highest BCUT2D eigenvalue weighted by Gasteiger charge is 2.68. The molecule has 2 aromatic rings. The molecule has 4 aliphatic rings. The van der Waals surface area contributed by atoms with Gasteiger partial charge in [-0.2, -0.15) is 0 Å². The highest BCUT2D eigenvalue weighted by Crippen LogP contribution is 2.67. The fraction of sp³-hybridized carbons (Fsp3) is 0.679. The van der Waals surface area contributed by atoms with E-state index in [1.165, 1.54) is 12.4 Å². The summed E-state index contributed by atoms with van der Waals surface area (Å²) in [5, 5.41) is 30.6. The van der Waals surface area contributed by atoms with Crippen molar-refractivity contribution in [2.45, 2.75) is 76.9 Å². The van der Waals surface area contributed by atoms with Gasteiger partial charge >= 0.3 is 0 Å². The predicted octanol–water partition coefficient (Wildman–Crippen LogP) is 2.23. The van der Waals surface area contributed by atoms with Gasteiger partial charge in [0.2, 0.25) is 0 Å². The summed E-state index contributed by atoms with van der Waals surface area (Å²) in [6, 6.07) is 0. The Morgan fingerprint density at radius 1 is 1.03 bits per heavy atom. The van der Waals surface area contributed by atoms with Gasteiger partial charge in [-0.3, -0.25) is 14.4 Å². The molecule has 0 aromatic carbocycles. The van der Waals surface area contributed by atoms with E-state index in [9.17, 15) is 29.7 Å². The van der Waals surface area contributed by atoms with E-state index in [4.69, 9.17) is 0 Å². The molecule has 8 atom stereocenters. The van der Waals surface area contributed by atoms with E-state index in [0.29, 0.717) is 24.0 Å². The number of ketones is 3. The standard InChI is InChI=1S/C21H32O5.C7H6N4O/c1-19-7-5-13(23)9-12(19)3-4-14-15-6-8-21(26,17(25)11-22)20(15,2)10-16(24)18(14)19;12-5(6-8-1-2-9-6)7-10-3-4-11-7/h12-15,18,22-23,26H,3-11H2,1-2H3;1-4H,(H,8,9)(H,10,11)/t12-,13-,14+,15+,18-,19+,20+,21+;/m1./s1. The van der Waals surface area contributed by atoms with Crippen LogP contribution in [0.2, 0.25) is 0 Å². The van der Waals surface area contributed by atoms with Crippen molar-refractivity contribution in [3.63, 3.8) is 0 Å². The van der Waals surface area contributed by atoms with Crippen LogP contribution in [-0.2, 0) is 9.59 Å². The average Bonchev–Trinajstić information content (AvgIpc) is 3.66. The number of imidazole rings is 2.